The van der Waals surface area contributed by atoms with Gasteiger partial charge in [0, 0.05) is 25.7 Å². The number of hydrogen-bond acceptors (Lipinski definition) is 6. The van der Waals surface area contributed by atoms with Gasteiger partial charge in [-0.2, -0.15) is 0 Å². The zero-order valence-electron chi connectivity index (χ0n) is 12.6. The number of nitrogens with zero attached hydrogens (tertiary/aromatic N) is 3. The Kier molecular flexibility index (Phi) is 5.75. The standard InChI is InChI=1S/C14H18ClN3O5/c1-16(9-13(19)20)7-10-8-17(5-6-23-10)14-11(15)3-2-4-12(14)18(21)22/h2-4,10H,5-9H2,1H3,(H,19,20). The SMILES string of the molecule is CN(CC(=O)O)CC1CN(c2c(Cl)cccc2[N+](=O)[O-])CCO1. The molecule has 1 aromatic carbocycles. The van der Waals surface area contributed by atoms with E-state index in [1.807, 2.05) is 4.90 Å². The van der Waals surface area contributed by atoms with Crippen molar-refractivity contribution in [2.45, 2.75) is 6.10 Å². The largest absolute Gasteiger partial charge is 0.480 e. The van der Waals surface area contributed by atoms with Crippen molar-refractivity contribution in [2.24, 2.45) is 0 Å². The predicted octanol–water partition coefficient (Wildman–Crippen LogP) is 1.47. The van der Waals surface area contributed by atoms with Crippen molar-refractivity contribution < 1.29 is 19.6 Å². The molecule has 1 aliphatic heterocycles. The van der Waals surface area contributed by atoms with Crippen LogP contribution in [0.2, 0.25) is 5.02 Å². The van der Waals surface area contributed by atoms with E-state index in [-0.39, 0.29) is 18.3 Å². The van der Waals surface area contributed by atoms with Gasteiger partial charge in [0.05, 0.1) is 29.2 Å². The van der Waals surface area contributed by atoms with Crippen molar-refractivity contribution in [3.05, 3.63) is 33.3 Å². The van der Waals surface area contributed by atoms with E-state index in [9.17, 15) is 14.9 Å². The van der Waals surface area contributed by atoms with Crippen molar-refractivity contribution in [3.63, 3.8) is 0 Å². The summed E-state index contributed by atoms with van der Waals surface area (Å²) in [5.41, 5.74) is 0.338. The molecule has 0 amide bonds. The van der Waals surface area contributed by atoms with Gasteiger partial charge in [0.15, 0.2) is 0 Å². The Morgan fingerprint density at radius 2 is 2.35 bits per heavy atom. The zero-order chi connectivity index (χ0) is 17.0. The first kappa shape index (κ1) is 17.5. The van der Waals surface area contributed by atoms with E-state index < -0.39 is 10.9 Å². The minimum Gasteiger partial charge on any atom is -0.480 e. The van der Waals surface area contributed by atoms with E-state index in [1.165, 1.54) is 6.07 Å². The summed E-state index contributed by atoms with van der Waals surface area (Å²) in [6.07, 6.45) is -0.246. The number of benzene rings is 1. The number of aliphatic carboxylic acids is 1. The van der Waals surface area contributed by atoms with Crippen molar-refractivity contribution in [1.82, 2.24) is 4.90 Å². The molecule has 23 heavy (non-hydrogen) atoms. The average Bonchev–Trinajstić information content (AvgIpc) is 2.46. The van der Waals surface area contributed by atoms with Gasteiger partial charge in [-0.25, -0.2) is 0 Å². The summed E-state index contributed by atoms with van der Waals surface area (Å²) in [6, 6.07) is 4.58. The first-order valence-corrected chi connectivity index (χ1v) is 7.46. The van der Waals surface area contributed by atoms with Crippen LogP contribution in [0.3, 0.4) is 0 Å². The van der Waals surface area contributed by atoms with Crippen molar-refractivity contribution >= 4 is 28.9 Å². The summed E-state index contributed by atoms with van der Waals surface area (Å²) in [5.74, 6) is -0.915. The summed E-state index contributed by atoms with van der Waals surface area (Å²) >= 11 is 6.15. The van der Waals surface area contributed by atoms with Gasteiger partial charge in [-0.3, -0.25) is 19.8 Å². The fourth-order valence-electron chi connectivity index (χ4n) is 2.64. The van der Waals surface area contributed by atoms with Gasteiger partial charge in [0.2, 0.25) is 0 Å². The van der Waals surface area contributed by atoms with Crippen molar-refractivity contribution in [3.8, 4) is 0 Å². The molecule has 1 saturated heterocycles. The second-order valence-corrected chi connectivity index (χ2v) is 5.80. The number of nitro benzene ring substituents is 1. The van der Waals surface area contributed by atoms with E-state index in [0.29, 0.717) is 37.0 Å². The van der Waals surface area contributed by atoms with E-state index in [2.05, 4.69) is 0 Å². The molecular formula is C14H18ClN3O5. The fraction of sp³-hybridized carbons (Fsp3) is 0.500. The third-order valence-corrected chi connectivity index (χ3v) is 3.84. The van der Waals surface area contributed by atoms with Gasteiger partial charge in [0.1, 0.15) is 5.69 Å². The number of halogens is 1. The van der Waals surface area contributed by atoms with Crippen LogP contribution < -0.4 is 4.90 Å². The number of morpholine rings is 1. The maximum absolute atomic E-state index is 11.2. The molecule has 1 atom stereocenters. The zero-order valence-corrected chi connectivity index (χ0v) is 13.4. The quantitative estimate of drug-likeness (QED) is 0.617. The summed E-state index contributed by atoms with van der Waals surface area (Å²) in [5, 5.41) is 20.3. The molecule has 0 spiro atoms. The van der Waals surface area contributed by atoms with Crippen molar-refractivity contribution in [1.29, 1.82) is 0 Å². The van der Waals surface area contributed by atoms with Gasteiger partial charge in [0.25, 0.3) is 5.69 Å². The highest BCUT2D eigenvalue weighted by Gasteiger charge is 2.28. The number of rotatable bonds is 6. The van der Waals surface area contributed by atoms with Crippen molar-refractivity contribution in [2.75, 3.05) is 44.7 Å². The van der Waals surface area contributed by atoms with E-state index in [1.54, 1.807) is 24.1 Å². The number of nitro groups is 1. The molecule has 1 aromatic rings. The number of hydrogen-bond donors (Lipinski definition) is 1. The predicted molar refractivity (Wildman–Crippen MR) is 85.2 cm³/mol. The van der Waals surface area contributed by atoms with Gasteiger partial charge < -0.3 is 14.7 Å². The molecule has 0 saturated carbocycles. The van der Waals surface area contributed by atoms with Crippen LogP contribution in [0.5, 0.6) is 0 Å². The maximum Gasteiger partial charge on any atom is 0.317 e. The van der Waals surface area contributed by atoms with Gasteiger partial charge >= 0.3 is 5.97 Å². The highest BCUT2D eigenvalue weighted by Crippen LogP contribution is 2.36. The second-order valence-electron chi connectivity index (χ2n) is 5.39. The summed E-state index contributed by atoms with van der Waals surface area (Å²) in [7, 11) is 1.69. The topological polar surface area (TPSA) is 96.2 Å². The van der Waals surface area contributed by atoms with E-state index in [0.717, 1.165) is 0 Å². The molecule has 126 valence electrons. The number of likely N-dealkylation sites (N-methyl/N-ethyl adjacent to an activating group) is 1. The molecule has 1 unspecified atom stereocenters. The third kappa shape index (κ3) is 4.54. The molecule has 0 aromatic heterocycles. The molecular weight excluding hydrogens is 326 g/mol. The monoisotopic (exact) mass is 343 g/mol. The van der Waals surface area contributed by atoms with E-state index in [4.69, 9.17) is 21.4 Å². The third-order valence-electron chi connectivity index (χ3n) is 3.54. The Morgan fingerprint density at radius 3 is 3.00 bits per heavy atom. The number of ether oxygens (including phenoxy) is 1. The van der Waals surface area contributed by atoms with Crippen LogP contribution in [0.4, 0.5) is 11.4 Å². The Morgan fingerprint density at radius 1 is 1.61 bits per heavy atom. The summed E-state index contributed by atoms with van der Waals surface area (Å²) in [4.78, 5) is 24.9. The first-order chi connectivity index (χ1) is 10.9. The molecule has 2 rings (SSSR count). The van der Waals surface area contributed by atoms with Gasteiger partial charge in [-0.05, 0) is 13.1 Å². The lowest BCUT2D eigenvalue weighted by Crippen LogP contribution is -2.48. The second kappa shape index (κ2) is 7.58. The molecule has 1 aliphatic rings. The molecule has 1 heterocycles. The maximum atomic E-state index is 11.2. The summed E-state index contributed by atoms with van der Waals surface area (Å²) < 4.78 is 5.63. The summed E-state index contributed by atoms with van der Waals surface area (Å²) in [6.45, 7) is 1.62. The first-order valence-electron chi connectivity index (χ1n) is 7.08. The lowest BCUT2D eigenvalue weighted by molar-refractivity contribution is -0.384. The fourth-order valence-corrected chi connectivity index (χ4v) is 2.93. The van der Waals surface area contributed by atoms with Crippen LogP contribution in [-0.2, 0) is 9.53 Å². The Bertz CT molecular complexity index is 598. The highest BCUT2D eigenvalue weighted by molar-refractivity contribution is 6.33. The number of anilines is 1. The molecule has 0 aliphatic carbocycles. The number of para-hydroxylation sites is 1. The van der Waals surface area contributed by atoms with Gasteiger partial charge in [-0.1, -0.05) is 17.7 Å². The number of carboxylic acids is 1. The Labute approximate surface area is 138 Å². The molecule has 1 N–H and O–H groups in total. The van der Waals surface area contributed by atoms with Gasteiger partial charge in [-0.15, -0.1) is 0 Å². The normalized spacial score (nSPS) is 18.2. The van der Waals surface area contributed by atoms with Crippen LogP contribution >= 0.6 is 11.6 Å². The minimum absolute atomic E-state index is 0.0444. The Hall–Kier alpha value is -1.90. The molecule has 9 heteroatoms. The van der Waals surface area contributed by atoms with Crippen LogP contribution in [0, 0.1) is 10.1 Å². The minimum atomic E-state index is -0.915. The smallest absolute Gasteiger partial charge is 0.317 e. The van der Waals surface area contributed by atoms with Crippen LogP contribution in [0.15, 0.2) is 18.2 Å². The Balaban J connectivity index is 2.13. The number of carboxylic acid groups (broad SMARTS) is 1. The average molecular weight is 344 g/mol. The molecule has 1 fully saturated rings. The lowest BCUT2D eigenvalue weighted by atomic mass is 10.2. The molecule has 0 radical (unpaired) electrons. The van der Waals surface area contributed by atoms with Crippen LogP contribution in [0.1, 0.15) is 0 Å². The lowest BCUT2D eigenvalue weighted by Gasteiger charge is -2.36. The molecule has 8 nitrogen and oxygen atoms in total. The van der Waals surface area contributed by atoms with E-state index >= 15 is 0 Å². The van der Waals surface area contributed by atoms with Crippen LogP contribution in [-0.4, -0.2) is 66.8 Å². The number of carbonyl (C=O) groups is 1. The molecule has 0 bridgehead atoms. The highest BCUT2D eigenvalue weighted by atomic mass is 35.5. The van der Waals surface area contributed by atoms with Crippen LogP contribution in [0.25, 0.3) is 0 Å².